The molecule has 1 unspecified atom stereocenters. The van der Waals surface area contributed by atoms with Gasteiger partial charge in [0.25, 0.3) is 0 Å². The third-order valence-electron chi connectivity index (χ3n) is 4.33. The maximum Gasteiger partial charge on any atom is 0.249 e. The minimum absolute atomic E-state index is 0.0864. The molecule has 1 amide bonds. The summed E-state index contributed by atoms with van der Waals surface area (Å²) in [5, 5.41) is 6.33. The van der Waals surface area contributed by atoms with Crippen molar-refractivity contribution in [1.29, 1.82) is 0 Å². The first-order chi connectivity index (χ1) is 11.5. The van der Waals surface area contributed by atoms with Gasteiger partial charge in [0.1, 0.15) is 0 Å². The molecule has 0 aromatic rings. The maximum atomic E-state index is 11.2. The first-order valence-corrected chi connectivity index (χ1v) is 9.36. The molecule has 0 saturated heterocycles. The molecule has 4 N–H and O–H groups in total. The van der Waals surface area contributed by atoms with E-state index in [1.54, 1.807) is 0 Å². The van der Waals surface area contributed by atoms with Crippen LogP contribution in [0, 0.1) is 0 Å². The predicted molar refractivity (Wildman–Crippen MR) is 103 cm³/mol. The number of carbonyl (C=O) groups is 1. The molecule has 0 spiro atoms. The first-order valence-electron chi connectivity index (χ1n) is 9.36. The molecule has 1 aliphatic carbocycles. The molecule has 0 aromatic carbocycles. The van der Waals surface area contributed by atoms with Crippen molar-refractivity contribution in [1.82, 2.24) is 10.6 Å². The van der Waals surface area contributed by atoms with Crippen LogP contribution in [0.1, 0.15) is 65.7 Å². The van der Waals surface area contributed by atoms with Gasteiger partial charge in [-0.1, -0.05) is 50.5 Å². The summed E-state index contributed by atoms with van der Waals surface area (Å²) in [5.41, 5.74) is 7.52. The Labute approximate surface area is 147 Å². The van der Waals surface area contributed by atoms with E-state index in [-0.39, 0.29) is 11.9 Å². The van der Waals surface area contributed by atoms with Gasteiger partial charge in [-0.2, -0.15) is 0 Å². The van der Waals surface area contributed by atoms with E-state index in [0.717, 1.165) is 24.1 Å². The smallest absolute Gasteiger partial charge is 0.249 e. The summed E-state index contributed by atoms with van der Waals surface area (Å²) in [5.74, 6) is 0.0864. The van der Waals surface area contributed by atoms with E-state index in [9.17, 15) is 4.79 Å². The van der Waals surface area contributed by atoms with Crippen molar-refractivity contribution in [2.75, 3.05) is 6.54 Å². The minimum atomic E-state index is 0.0864. The first kappa shape index (κ1) is 20.5. The SMILES string of the molecule is CC/C=C\C=C/CC(C)N.CC1=C(NC2CCCCC2)CNC1=O. The zero-order valence-corrected chi connectivity index (χ0v) is 15.6. The number of amides is 1. The Kier molecular flexibility index (Phi) is 10.2. The molecule has 0 bridgehead atoms. The summed E-state index contributed by atoms with van der Waals surface area (Å²) in [6.45, 7) is 6.72. The highest BCUT2D eigenvalue weighted by Crippen LogP contribution is 2.19. The molecule has 1 heterocycles. The van der Waals surface area contributed by atoms with Gasteiger partial charge in [-0.15, -0.1) is 0 Å². The molecule has 0 aromatic heterocycles. The number of rotatable bonds is 6. The van der Waals surface area contributed by atoms with Gasteiger partial charge in [-0.25, -0.2) is 0 Å². The lowest BCUT2D eigenvalue weighted by molar-refractivity contribution is -0.116. The van der Waals surface area contributed by atoms with E-state index >= 15 is 0 Å². The van der Waals surface area contributed by atoms with Crippen molar-refractivity contribution in [2.45, 2.75) is 77.8 Å². The Morgan fingerprint density at radius 1 is 1.25 bits per heavy atom. The monoisotopic (exact) mass is 333 g/mol. The third kappa shape index (κ3) is 8.34. The highest BCUT2D eigenvalue weighted by atomic mass is 16.1. The summed E-state index contributed by atoms with van der Waals surface area (Å²) in [6, 6.07) is 0.882. The lowest BCUT2D eigenvalue weighted by Gasteiger charge is -2.24. The fraction of sp³-hybridized carbons (Fsp3) is 0.650. The second-order valence-electron chi connectivity index (χ2n) is 6.74. The maximum absolute atomic E-state index is 11.2. The van der Waals surface area contributed by atoms with Gasteiger partial charge < -0.3 is 16.4 Å². The molecule has 0 radical (unpaired) electrons. The zero-order valence-electron chi connectivity index (χ0n) is 15.6. The average Bonchev–Trinajstić information content (AvgIpc) is 2.88. The number of carbonyl (C=O) groups excluding carboxylic acids is 1. The van der Waals surface area contributed by atoms with E-state index < -0.39 is 0 Å². The quantitative estimate of drug-likeness (QED) is 0.651. The van der Waals surface area contributed by atoms with Crippen molar-refractivity contribution >= 4 is 5.91 Å². The van der Waals surface area contributed by atoms with Gasteiger partial charge in [0.2, 0.25) is 5.91 Å². The van der Waals surface area contributed by atoms with Crippen LogP contribution in [0.15, 0.2) is 35.6 Å². The summed E-state index contributed by atoms with van der Waals surface area (Å²) < 4.78 is 0. The molecule has 24 heavy (non-hydrogen) atoms. The Bertz CT molecular complexity index is 458. The lowest BCUT2D eigenvalue weighted by atomic mass is 9.95. The van der Waals surface area contributed by atoms with Crippen LogP contribution >= 0.6 is 0 Å². The number of hydrogen-bond acceptors (Lipinski definition) is 3. The van der Waals surface area contributed by atoms with Gasteiger partial charge in [-0.05, 0) is 39.5 Å². The molecule has 1 saturated carbocycles. The van der Waals surface area contributed by atoms with E-state index in [4.69, 9.17) is 5.73 Å². The van der Waals surface area contributed by atoms with Crippen molar-refractivity contribution in [3.63, 3.8) is 0 Å². The predicted octanol–water partition coefficient (Wildman–Crippen LogP) is 3.56. The van der Waals surface area contributed by atoms with Crippen molar-refractivity contribution in [3.05, 3.63) is 35.6 Å². The average molecular weight is 334 g/mol. The van der Waals surface area contributed by atoms with Gasteiger partial charge in [0, 0.05) is 23.4 Å². The van der Waals surface area contributed by atoms with Crippen LogP contribution in [0.3, 0.4) is 0 Å². The summed E-state index contributed by atoms with van der Waals surface area (Å²) >= 11 is 0. The van der Waals surface area contributed by atoms with E-state index in [2.05, 4.69) is 35.8 Å². The summed E-state index contributed by atoms with van der Waals surface area (Å²) in [6.07, 6.45) is 16.9. The van der Waals surface area contributed by atoms with Gasteiger partial charge >= 0.3 is 0 Å². The van der Waals surface area contributed by atoms with Gasteiger partial charge in [0.15, 0.2) is 0 Å². The van der Waals surface area contributed by atoms with Crippen LogP contribution in [0.4, 0.5) is 0 Å². The number of nitrogens with two attached hydrogens (primary N) is 1. The topological polar surface area (TPSA) is 67.2 Å². The fourth-order valence-corrected chi connectivity index (χ4v) is 2.81. The Balaban J connectivity index is 0.000000257. The minimum Gasteiger partial charge on any atom is -0.384 e. The van der Waals surface area contributed by atoms with Crippen molar-refractivity contribution < 1.29 is 4.79 Å². The lowest BCUT2D eigenvalue weighted by Crippen LogP contribution is -2.32. The number of hydrogen-bond donors (Lipinski definition) is 3. The van der Waals surface area contributed by atoms with Crippen molar-refractivity contribution in [3.8, 4) is 0 Å². The molecule has 1 fully saturated rings. The molecule has 136 valence electrons. The van der Waals surface area contributed by atoms with Crippen LogP contribution in [0.5, 0.6) is 0 Å². The molecule has 1 atom stereocenters. The summed E-state index contributed by atoms with van der Waals surface area (Å²) in [7, 11) is 0. The van der Waals surface area contributed by atoms with E-state index in [1.807, 2.05) is 19.9 Å². The van der Waals surface area contributed by atoms with Gasteiger partial charge in [0.05, 0.1) is 6.54 Å². The van der Waals surface area contributed by atoms with Crippen LogP contribution in [-0.2, 0) is 4.79 Å². The van der Waals surface area contributed by atoms with Crippen LogP contribution in [-0.4, -0.2) is 24.5 Å². The van der Waals surface area contributed by atoms with E-state index in [1.165, 1.54) is 32.1 Å². The standard InChI is InChI=1S/C11H18N2O.C9H17N/c1-8-10(7-12-11(8)14)13-9-5-3-2-4-6-9;1-3-4-5-6-7-8-9(2)10/h9,13H,2-7H2,1H3,(H,12,14);4-7,9H,3,8,10H2,1-2H3/b;5-4-,7-6-. The largest absolute Gasteiger partial charge is 0.384 e. The Morgan fingerprint density at radius 2 is 1.92 bits per heavy atom. The normalized spacial score (nSPS) is 20.2. The molecular formula is C20H35N3O. The molecular weight excluding hydrogens is 298 g/mol. The molecule has 4 nitrogen and oxygen atoms in total. The fourth-order valence-electron chi connectivity index (χ4n) is 2.81. The highest BCUT2D eigenvalue weighted by molar-refractivity contribution is 5.96. The van der Waals surface area contributed by atoms with Gasteiger partial charge in [-0.3, -0.25) is 4.79 Å². The molecule has 2 aliphatic rings. The molecule has 1 aliphatic heterocycles. The second-order valence-corrected chi connectivity index (χ2v) is 6.74. The summed E-state index contributed by atoms with van der Waals surface area (Å²) in [4.78, 5) is 11.2. The Hall–Kier alpha value is -1.55. The van der Waals surface area contributed by atoms with Crippen LogP contribution < -0.4 is 16.4 Å². The van der Waals surface area contributed by atoms with E-state index in [0.29, 0.717) is 12.6 Å². The molecule has 2 rings (SSSR count). The van der Waals surface area contributed by atoms with Crippen molar-refractivity contribution in [2.24, 2.45) is 5.73 Å². The highest BCUT2D eigenvalue weighted by Gasteiger charge is 2.21. The molecule has 4 heteroatoms. The van der Waals surface area contributed by atoms with Crippen LogP contribution in [0.2, 0.25) is 0 Å². The zero-order chi connectivity index (χ0) is 17.8. The Morgan fingerprint density at radius 3 is 2.46 bits per heavy atom. The van der Waals surface area contributed by atoms with Crippen LogP contribution in [0.25, 0.3) is 0 Å². The number of nitrogens with one attached hydrogen (secondary N) is 2. The number of allylic oxidation sites excluding steroid dienone is 3. The third-order valence-corrected chi connectivity index (χ3v) is 4.33. The second kappa shape index (κ2) is 11.9.